The molecule has 3 aromatic heterocycles. The second-order valence-corrected chi connectivity index (χ2v) is 7.47. The second-order valence-electron chi connectivity index (χ2n) is 7.47. The summed E-state index contributed by atoms with van der Waals surface area (Å²) in [6.45, 7) is 3.66. The molecule has 0 saturated carbocycles. The number of nitrogens with zero attached hydrogens (tertiary/aromatic N) is 6. The standard InChI is InChI=1S/C22H23N7O3/c1-2-23-22(30)32-19-12-18(16-7-3-4-8-17(16)27-19)31-13-15-6-5-11-28(15)20-9-10-24-21-25-14-26-29(20)21/h3-4,7-10,12,14-15H,2,5-6,11,13H2,1H3,(H,23,30)/t15-/m1/s1. The lowest BCUT2D eigenvalue weighted by atomic mass is 10.2. The fraction of sp³-hybridized carbons (Fsp3) is 0.318. The molecule has 4 aromatic rings. The van der Waals surface area contributed by atoms with Crippen LogP contribution in [0.2, 0.25) is 0 Å². The minimum atomic E-state index is -0.544. The third-order valence-corrected chi connectivity index (χ3v) is 5.44. The molecule has 1 saturated heterocycles. The number of aromatic nitrogens is 5. The van der Waals surface area contributed by atoms with Crippen molar-refractivity contribution < 1.29 is 14.3 Å². The van der Waals surface area contributed by atoms with E-state index in [1.807, 2.05) is 37.3 Å². The van der Waals surface area contributed by atoms with Crippen LogP contribution in [-0.4, -0.2) is 56.4 Å². The molecule has 0 radical (unpaired) electrons. The Kier molecular flexibility index (Phi) is 5.40. The summed E-state index contributed by atoms with van der Waals surface area (Å²) >= 11 is 0. The zero-order valence-corrected chi connectivity index (χ0v) is 17.6. The molecule has 5 rings (SSSR count). The van der Waals surface area contributed by atoms with E-state index < -0.39 is 6.09 Å². The molecule has 1 fully saturated rings. The number of pyridine rings is 1. The van der Waals surface area contributed by atoms with Crippen molar-refractivity contribution in [1.29, 1.82) is 0 Å². The van der Waals surface area contributed by atoms with Gasteiger partial charge in [0.1, 0.15) is 24.5 Å². The molecule has 0 aliphatic carbocycles. The van der Waals surface area contributed by atoms with Gasteiger partial charge in [0.15, 0.2) is 0 Å². The summed E-state index contributed by atoms with van der Waals surface area (Å²) in [5.74, 6) is 2.34. The molecule has 164 valence electrons. The maximum absolute atomic E-state index is 11.9. The number of fused-ring (bicyclic) bond motifs is 2. The second kappa shape index (κ2) is 8.66. The Labute approximate surface area is 184 Å². The van der Waals surface area contributed by atoms with Crippen LogP contribution in [0.25, 0.3) is 16.7 Å². The number of nitrogens with one attached hydrogen (secondary N) is 1. The Balaban J connectivity index is 1.39. The van der Waals surface area contributed by atoms with E-state index in [2.05, 4.69) is 30.3 Å². The minimum absolute atomic E-state index is 0.157. The van der Waals surface area contributed by atoms with Crippen LogP contribution in [0.1, 0.15) is 19.8 Å². The molecular formula is C22H23N7O3. The van der Waals surface area contributed by atoms with E-state index in [4.69, 9.17) is 9.47 Å². The maximum atomic E-state index is 11.9. The number of hydrogen-bond acceptors (Lipinski definition) is 8. The average molecular weight is 433 g/mol. The largest absolute Gasteiger partial charge is 0.491 e. The highest BCUT2D eigenvalue weighted by Gasteiger charge is 2.28. The van der Waals surface area contributed by atoms with Gasteiger partial charge in [0.25, 0.3) is 5.78 Å². The fourth-order valence-electron chi connectivity index (χ4n) is 4.01. The van der Waals surface area contributed by atoms with Gasteiger partial charge in [-0.1, -0.05) is 12.1 Å². The molecule has 10 heteroatoms. The van der Waals surface area contributed by atoms with Crippen molar-refractivity contribution in [2.75, 3.05) is 24.6 Å². The molecule has 4 heterocycles. The van der Waals surface area contributed by atoms with Crippen molar-refractivity contribution in [3.63, 3.8) is 0 Å². The van der Waals surface area contributed by atoms with Crippen LogP contribution in [0.5, 0.6) is 11.6 Å². The third kappa shape index (κ3) is 3.86. The summed E-state index contributed by atoms with van der Waals surface area (Å²) in [5, 5.41) is 7.78. The van der Waals surface area contributed by atoms with Gasteiger partial charge in [-0.2, -0.15) is 14.6 Å². The van der Waals surface area contributed by atoms with Crippen LogP contribution >= 0.6 is 0 Å². The molecule has 10 nitrogen and oxygen atoms in total. The summed E-state index contributed by atoms with van der Waals surface area (Å²) in [7, 11) is 0. The van der Waals surface area contributed by atoms with E-state index in [9.17, 15) is 4.79 Å². The molecule has 0 unspecified atom stereocenters. The van der Waals surface area contributed by atoms with E-state index >= 15 is 0 Å². The topological polar surface area (TPSA) is 107 Å². The number of ether oxygens (including phenoxy) is 2. The Morgan fingerprint density at radius 3 is 3.06 bits per heavy atom. The molecule has 1 N–H and O–H groups in total. The zero-order valence-electron chi connectivity index (χ0n) is 17.6. The number of para-hydroxylation sites is 1. The van der Waals surface area contributed by atoms with Crippen LogP contribution in [0.15, 0.2) is 48.9 Å². The predicted molar refractivity (Wildman–Crippen MR) is 118 cm³/mol. The van der Waals surface area contributed by atoms with Crippen molar-refractivity contribution >= 4 is 28.6 Å². The van der Waals surface area contributed by atoms with E-state index in [-0.39, 0.29) is 11.9 Å². The first-order valence-electron chi connectivity index (χ1n) is 10.6. The quantitative estimate of drug-likeness (QED) is 0.495. The third-order valence-electron chi connectivity index (χ3n) is 5.44. The van der Waals surface area contributed by atoms with E-state index in [1.165, 1.54) is 6.33 Å². The van der Waals surface area contributed by atoms with E-state index in [0.29, 0.717) is 30.2 Å². The van der Waals surface area contributed by atoms with Crippen molar-refractivity contribution in [3.8, 4) is 11.6 Å². The molecule has 0 spiro atoms. The van der Waals surface area contributed by atoms with Gasteiger partial charge in [-0.05, 0) is 38.0 Å². The smallest absolute Gasteiger partial charge is 0.413 e. The Bertz CT molecular complexity index is 1260. The fourth-order valence-corrected chi connectivity index (χ4v) is 4.01. The Morgan fingerprint density at radius 2 is 2.16 bits per heavy atom. The average Bonchev–Trinajstić information content (AvgIpc) is 3.47. The highest BCUT2D eigenvalue weighted by Crippen LogP contribution is 2.31. The highest BCUT2D eigenvalue weighted by molar-refractivity contribution is 5.86. The molecule has 1 atom stereocenters. The van der Waals surface area contributed by atoms with Gasteiger partial charge in [-0.25, -0.2) is 14.8 Å². The lowest BCUT2D eigenvalue weighted by Crippen LogP contribution is -2.35. The monoisotopic (exact) mass is 433 g/mol. The number of anilines is 1. The van der Waals surface area contributed by atoms with Crippen molar-refractivity contribution in [2.24, 2.45) is 0 Å². The SMILES string of the molecule is CCNC(=O)Oc1cc(OC[C@H]2CCCN2c2ccnc3ncnn23)c2ccccc2n1. The van der Waals surface area contributed by atoms with E-state index in [1.54, 1.807) is 16.8 Å². The summed E-state index contributed by atoms with van der Waals surface area (Å²) in [6.07, 6.45) is 4.75. The van der Waals surface area contributed by atoms with Crippen molar-refractivity contribution in [2.45, 2.75) is 25.8 Å². The van der Waals surface area contributed by atoms with Crippen molar-refractivity contribution in [1.82, 2.24) is 29.9 Å². The van der Waals surface area contributed by atoms with Gasteiger partial charge in [-0.3, -0.25) is 0 Å². The number of amides is 1. The zero-order chi connectivity index (χ0) is 21.9. The molecule has 1 aliphatic rings. The van der Waals surface area contributed by atoms with Crippen LogP contribution in [0.3, 0.4) is 0 Å². The number of benzene rings is 1. The Morgan fingerprint density at radius 1 is 1.25 bits per heavy atom. The highest BCUT2D eigenvalue weighted by atomic mass is 16.6. The van der Waals surface area contributed by atoms with Crippen LogP contribution in [0, 0.1) is 0 Å². The van der Waals surface area contributed by atoms with Crippen LogP contribution < -0.4 is 19.7 Å². The van der Waals surface area contributed by atoms with Crippen LogP contribution in [0.4, 0.5) is 10.6 Å². The van der Waals surface area contributed by atoms with Gasteiger partial charge in [0.2, 0.25) is 5.88 Å². The first-order valence-corrected chi connectivity index (χ1v) is 10.6. The van der Waals surface area contributed by atoms with Gasteiger partial charge in [-0.15, -0.1) is 0 Å². The van der Waals surface area contributed by atoms with Crippen LogP contribution in [-0.2, 0) is 0 Å². The summed E-state index contributed by atoms with van der Waals surface area (Å²) in [5.41, 5.74) is 0.700. The first-order chi connectivity index (χ1) is 15.7. The summed E-state index contributed by atoms with van der Waals surface area (Å²) < 4.78 is 13.4. The summed E-state index contributed by atoms with van der Waals surface area (Å²) in [4.78, 5) is 27.0. The van der Waals surface area contributed by atoms with Gasteiger partial charge in [0, 0.05) is 30.7 Å². The molecular weight excluding hydrogens is 410 g/mol. The number of hydrogen-bond donors (Lipinski definition) is 1. The molecule has 1 aromatic carbocycles. The molecule has 32 heavy (non-hydrogen) atoms. The normalized spacial score (nSPS) is 15.9. The predicted octanol–water partition coefficient (Wildman–Crippen LogP) is 2.83. The van der Waals surface area contributed by atoms with Gasteiger partial charge in [0.05, 0.1) is 11.6 Å². The lowest BCUT2D eigenvalue weighted by Gasteiger charge is -2.26. The molecule has 1 aliphatic heterocycles. The number of carbonyl (C=O) groups excluding carboxylic acids is 1. The minimum Gasteiger partial charge on any atom is -0.491 e. The number of carbonyl (C=O) groups is 1. The molecule has 0 bridgehead atoms. The number of rotatable bonds is 6. The Hall–Kier alpha value is -3.95. The van der Waals surface area contributed by atoms with Gasteiger partial charge >= 0.3 is 6.09 Å². The van der Waals surface area contributed by atoms with E-state index in [0.717, 1.165) is 30.6 Å². The lowest BCUT2D eigenvalue weighted by molar-refractivity contribution is 0.199. The first kappa shape index (κ1) is 20.0. The van der Waals surface area contributed by atoms with Gasteiger partial charge < -0.3 is 19.7 Å². The van der Waals surface area contributed by atoms with Crippen molar-refractivity contribution in [3.05, 3.63) is 48.9 Å². The molecule has 1 amide bonds. The summed E-state index contributed by atoms with van der Waals surface area (Å²) in [6, 6.07) is 11.4. The maximum Gasteiger partial charge on any atom is 0.413 e.